The van der Waals surface area contributed by atoms with Crippen molar-refractivity contribution >= 4 is 0 Å². The highest BCUT2D eigenvalue weighted by Crippen LogP contribution is 2.16. The first-order valence-corrected chi connectivity index (χ1v) is 8.05. The Morgan fingerprint density at radius 1 is 1.19 bits per heavy atom. The Morgan fingerprint density at radius 3 is 2.52 bits per heavy atom. The Hall–Kier alpha value is -0.900. The van der Waals surface area contributed by atoms with Gasteiger partial charge in [0.25, 0.3) is 0 Å². The molecule has 1 heterocycles. The number of hydrogen-bond donors (Lipinski definition) is 1. The van der Waals surface area contributed by atoms with Crippen molar-refractivity contribution in [3.63, 3.8) is 0 Å². The van der Waals surface area contributed by atoms with Crippen LogP contribution in [-0.4, -0.2) is 36.7 Å². The van der Waals surface area contributed by atoms with E-state index in [1.54, 1.807) is 0 Å². The molecule has 0 aliphatic carbocycles. The fourth-order valence-corrected chi connectivity index (χ4v) is 2.75. The fourth-order valence-electron chi connectivity index (χ4n) is 2.75. The van der Waals surface area contributed by atoms with E-state index >= 15 is 0 Å². The molecule has 0 unspecified atom stereocenters. The summed E-state index contributed by atoms with van der Waals surface area (Å²) in [4.78, 5) is 2.47. The quantitative estimate of drug-likeness (QED) is 0.901. The standard InChI is InChI=1S/C18H30N2O/c1-18(2,3)19-13-15-6-5-7-16(12-15)14-20(4)17-8-10-21-11-9-17/h5-7,12,17,19H,8-11,13-14H2,1-4H3. The highest BCUT2D eigenvalue weighted by Gasteiger charge is 2.18. The highest BCUT2D eigenvalue weighted by molar-refractivity contribution is 5.23. The minimum atomic E-state index is 0.162. The predicted octanol–water partition coefficient (Wildman–Crippen LogP) is 3.19. The Kier molecular flexibility index (Phi) is 5.80. The van der Waals surface area contributed by atoms with Crippen LogP contribution in [0.5, 0.6) is 0 Å². The zero-order valence-corrected chi connectivity index (χ0v) is 14.0. The molecule has 0 spiro atoms. The van der Waals surface area contributed by atoms with Gasteiger partial charge in [-0.2, -0.15) is 0 Å². The molecule has 1 fully saturated rings. The molecule has 1 aliphatic heterocycles. The van der Waals surface area contributed by atoms with E-state index in [-0.39, 0.29) is 5.54 Å². The third-order valence-electron chi connectivity index (χ3n) is 4.06. The molecule has 1 saturated heterocycles. The molecule has 3 heteroatoms. The van der Waals surface area contributed by atoms with Gasteiger partial charge in [0.1, 0.15) is 0 Å². The lowest BCUT2D eigenvalue weighted by Crippen LogP contribution is -2.36. The zero-order chi connectivity index (χ0) is 15.3. The van der Waals surface area contributed by atoms with Gasteiger partial charge in [-0.25, -0.2) is 0 Å². The van der Waals surface area contributed by atoms with E-state index in [1.807, 2.05) is 0 Å². The Balaban J connectivity index is 1.90. The van der Waals surface area contributed by atoms with Gasteiger partial charge in [-0.1, -0.05) is 24.3 Å². The molecule has 21 heavy (non-hydrogen) atoms. The van der Waals surface area contributed by atoms with Gasteiger partial charge in [0.2, 0.25) is 0 Å². The second-order valence-corrected chi connectivity index (χ2v) is 7.18. The molecule has 0 bridgehead atoms. The van der Waals surface area contributed by atoms with E-state index in [0.29, 0.717) is 6.04 Å². The smallest absolute Gasteiger partial charge is 0.0480 e. The SMILES string of the molecule is CN(Cc1cccc(CNC(C)(C)C)c1)C1CCOCC1. The zero-order valence-electron chi connectivity index (χ0n) is 14.0. The maximum Gasteiger partial charge on any atom is 0.0480 e. The van der Waals surface area contributed by atoms with E-state index < -0.39 is 0 Å². The van der Waals surface area contributed by atoms with Crippen molar-refractivity contribution in [1.82, 2.24) is 10.2 Å². The van der Waals surface area contributed by atoms with E-state index in [1.165, 1.54) is 11.1 Å². The molecule has 1 aromatic rings. The van der Waals surface area contributed by atoms with Crippen molar-refractivity contribution in [1.29, 1.82) is 0 Å². The van der Waals surface area contributed by atoms with Crippen molar-refractivity contribution in [2.24, 2.45) is 0 Å². The van der Waals surface area contributed by atoms with Crippen LogP contribution in [0.3, 0.4) is 0 Å². The van der Waals surface area contributed by atoms with E-state index in [2.05, 4.69) is 62.3 Å². The molecule has 0 atom stereocenters. The topological polar surface area (TPSA) is 24.5 Å². The summed E-state index contributed by atoms with van der Waals surface area (Å²) < 4.78 is 5.45. The van der Waals surface area contributed by atoms with Crippen molar-refractivity contribution in [3.05, 3.63) is 35.4 Å². The number of nitrogens with zero attached hydrogens (tertiary/aromatic N) is 1. The van der Waals surface area contributed by atoms with Crippen LogP contribution in [0.4, 0.5) is 0 Å². The van der Waals surface area contributed by atoms with Crippen LogP contribution >= 0.6 is 0 Å². The summed E-state index contributed by atoms with van der Waals surface area (Å²) >= 11 is 0. The van der Waals surface area contributed by atoms with Crippen molar-refractivity contribution in [2.75, 3.05) is 20.3 Å². The summed E-state index contributed by atoms with van der Waals surface area (Å²) in [6.45, 7) is 10.4. The van der Waals surface area contributed by atoms with Gasteiger partial charge in [-0.05, 0) is 51.8 Å². The average Bonchev–Trinajstić information content (AvgIpc) is 2.46. The fraction of sp³-hybridized carbons (Fsp3) is 0.667. The second-order valence-electron chi connectivity index (χ2n) is 7.18. The van der Waals surface area contributed by atoms with Gasteiger partial charge in [0.15, 0.2) is 0 Å². The number of benzene rings is 1. The number of nitrogens with one attached hydrogen (secondary N) is 1. The summed E-state index contributed by atoms with van der Waals surface area (Å²) in [5, 5.41) is 3.55. The van der Waals surface area contributed by atoms with E-state index in [4.69, 9.17) is 4.74 Å². The lowest BCUT2D eigenvalue weighted by molar-refractivity contribution is 0.0407. The second kappa shape index (κ2) is 7.39. The average molecular weight is 290 g/mol. The van der Waals surface area contributed by atoms with Crippen LogP contribution in [-0.2, 0) is 17.8 Å². The van der Waals surface area contributed by atoms with Crippen molar-refractivity contribution in [2.45, 2.75) is 58.3 Å². The summed E-state index contributed by atoms with van der Waals surface area (Å²) in [5.41, 5.74) is 2.93. The maximum atomic E-state index is 5.45. The lowest BCUT2D eigenvalue weighted by atomic mass is 10.0. The molecule has 0 radical (unpaired) electrons. The summed E-state index contributed by atoms with van der Waals surface area (Å²) in [5.74, 6) is 0. The lowest BCUT2D eigenvalue weighted by Gasteiger charge is -2.31. The van der Waals surface area contributed by atoms with Gasteiger partial charge in [0.05, 0.1) is 0 Å². The normalized spacial score (nSPS) is 17.4. The van der Waals surface area contributed by atoms with Crippen molar-refractivity contribution < 1.29 is 4.74 Å². The maximum absolute atomic E-state index is 5.45. The van der Waals surface area contributed by atoms with Crippen LogP contribution in [0.15, 0.2) is 24.3 Å². The van der Waals surface area contributed by atoms with Gasteiger partial charge in [0, 0.05) is 37.9 Å². The molecule has 1 aromatic carbocycles. The Bertz CT molecular complexity index is 433. The monoisotopic (exact) mass is 290 g/mol. The largest absolute Gasteiger partial charge is 0.381 e. The minimum Gasteiger partial charge on any atom is -0.381 e. The van der Waals surface area contributed by atoms with Gasteiger partial charge in [-0.15, -0.1) is 0 Å². The van der Waals surface area contributed by atoms with Crippen LogP contribution in [0, 0.1) is 0 Å². The molecule has 3 nitrogen and oxygen atoms in total. The molecule has 0 saturated carbocycles. The number of hydrogen-bond acceptors (Lipinski definition) is 3. The molecular formula is C18H30N2O. The van der Waals surface area contributed by atoms with E-state index in [0.717, 1.165) is 39.1 Å². The Morgan fingerprint density at radius 2 is 1.86 bits per heavy atom. The molecule has 1 N–H and O–H groups in total. The minimum absolute atomic E-state index is 0.162. The Labute approximate surface area is 129 Å². The predicted molar refractivity (Wildman–Crippen MR) is 88.3 cm³/mol. The summed E-state index contributed by atoms with van der Waals surface area (Å²) in [7, 11) is 2.23. The molecule has 2 rings (SSSR count). The summed E-state index contributed by atoms with van der Waals surface area (Å²) in [6.07, 6.45) is 2.31. The first-order chi connectivity index (χ1) is 9.94. The van der Waals surface area contributed by atoms with Crippen molar-refractivity contribution in [3.8, 4) is 0 Å². The van der Waals surface area contributed by atoms with Gasteiger partial charge >= 0.3 is 0 Å². The number of rotatable bonds is 5. The summed E-state index contributed by atoms with van der Waals surface area (Å²) in [6, 6.07) is 9.60. The van der Waals surface area contributed by atoms with Crippen LogP contribution in [0.2, 0.25) is 0 Å². The molecular weight excluding hydrogens is 260 g/mol. The van der Waals surface area contributed by atoms with Crippen LogP contribution < -0.4 is 5.32 Å². The van der Waals surface area contributed by atoms with Crippen LogP contribution in [0.1, 0.15) is 44.7 Å². The molecule has 118 valence electrons. The molecule has 0 aromatic heterocycles. The third kappa shape index (κ3) is 5.77. The van der Waals surface area contributed by atoms with Crippen LogP contribution in [0.25, 0.3) is 0 Å². The first kappa shape index (κ1) is 16.5. The van der Waals surface area contributed by atoms with E-state index in [9.17, 15) is 0 Å². The molecule has 0 amide bonds. The van der Waals surface area contributed by atoms with Gasteiger partial charge in [-0.3, -0.25) is 4.90 Å². The third-order valence-corrected chi connectivity index (χ3v) is 4.06. The first-order valence-electron chi connectivity index (χ1n) is 8.05. The number of ether oxygens (including phenoxy) is 1. The highest BCUT2D eigenvalue weighted by atomic mass is 16.5. The van der Waals surface area contributed by atoms with Gasteiger partial charge < -0.3 is 10.1 Å². The molecule has 1 aliphatic rings.